The predicted octanol–water partition coefficient (Wildman–Crippen LogP) is 5.92. The Balaban J connectivity index is 1.93. The molecule has 0 unspecified atom stereocenters. The molecule has 3 aromatic carbocycles. The lowest BCUT2D eigenvalue weighted by Gasteiger charge is -2.09. The molecule has 0 radical (unpaired) electrons. The number of methoxy groups -OCH3 is 1. The first kappa shape index (κ1) is 19.2. The van der Waals surface area contributed by atoms with Gasteiger partial charge in [-0.1, -0.05) is 36.4 Å². The van der Waals surface area contributed by atoms with Crippen molar-refractivity contribution in [1.29, 1.82) is 5.26 Å². The molecule has 0 aliphatic rings. The minimum Gasteiger partial charge on any atom is -0.494 e. The number of carbonyl (C=O) groups excluding carboxylic acids is 1. The van der Waals surface area contributed by atoms with Crippen LogP contribution in [0.3, 0.4) is 0 Å². The van der Waals surface area contributed by atoms with Crippen molar-refractivity contribution in [3.8, 4) is 11.8 Å². The third-order valence-corrected chi connectivity index (χ3v) is 5.12. The monoisotopic (exact) mass is 484 g/mol. The van der Waals surface area contributed by atoms with E-state index in [0.29, 0.717) is 17.0 Å². The minimum atomic E-state index is -0.461. The fraction of sp³-hybridized carbons (Fsp3) is 0.0476. The number of ether oxygens (including phenoxy) is 1. The van der Waals surface area contributed by atoms with Crippen LogP contribution in [0.2, 0.25) is 0 Å². The van der Waals surface area contributed by atoms with E-state index in [1.54, 1.807) is 19.2 Å². The van der Waals surface area contributed by atoms with Crippen LogP contribution in [-0.4, -0.2) is 13.0 Å². The van der Waals surface area contributed by atoms with Gasteiger partial charge in [-0.05, 0) is 67.1 Å². The molecule has 1 amide bonds. The summed E-state index contributed by atoms with van der Waals surface area (Å²) in [5.74, 6) is 0.183. The molecule has 0 saturated heterocycles. The quantitative estimate of drug-likeness (QED) is 0.368. The number of nitrogens with zero attached hydrogens (tertiary/aromatic N) is 1. The number of benzene rings is 3. The third-order valence-electron chi connectivity index (χ3n) is 3.94. The summed E-state index contributed by atoms with van der Waals surface area (Å²) < 4.78 is 6.71. The first-order valence-corrected chi connectivity index (χ1v) is 9.56. The number of nitrogens with one attached hydrogen (secondary N) is 1. The lowest BCUT2D eigenvalue weighted by Crippen LogP contribution is -2.13. The highest BCUT2D eigenvalue weighted by Gasteiger charge is 2.13. The number of fused-ring (bicyclic) bond motifs is 1. The Labute approximate surface area is 173 Å². The van der Waals surface area contributed by atoms with Gasteiger partial charge in [-0.3, -0.25) is 4.79 Å². The Morgan fingerprint density at radius 3 is 2.44 bits per heavy atom. The Morgan fingerprint density at radius 1 is 1.11 bits per heavy atom. The lowest BCUT2D eigenvalue weighted by atomic mass is 10.1. The van der Waals surface area contributed by atoms with E-state index in [9.17, 15) is 10.1 Å². The van der Waals surface area contributed by atoms with Gasteiger partial charge in [-0.2, -0.15) is 5.26 Å². The topological polar surface area (TPSA) is 62.1 Å². The molecule has 134 valence electrons. The highest BCUT2D eigenvalue weighted by atomic mass is 79.9. The largest absolute Gasteiger partial charge is 0.494 e. The van der Waals surface area contributed by atoms with Crippen molar-refractivity contribution < 1.29 is 9.53 Å². The van der Waals surface area contributed by atoms with E-state index >= 15 is 0 Å². The second-order valence-corrected chi connectivity index (χ2v) is 7.38. The van der Waals surface area contributed by atoms with E-state index in [4.69, 9.17) is 4.74 Å². The maximum Gasteiger partial charge on any atom is 0.266 e. The van der Waals surface area contributed by atoms with Crippen molar-refractivity contribution in [3.05, 3.63) is 74.7 Å². The van der Waals surface area contributed by atoms with Crippen LogP contribution < -0.4 is 10.1 Å². The zero-order chi connectivity index (χ0) is 19.4. The first-order chi connectivity index (χ1) is 13.0. The van der Waals surface area contributed by atoms with Gasteiger partial charge in [0.2, 0.25) is 0 Å². The number of hydrogen-bond donors (Lipinski definition) is 1. The Hall–Kier alpha value is -2.62. The van der Waals surface area contributed by atoms with Crippen molar-refractivity contribution >= 4 is 60.3 Å². The molecule has 0 atom stereocenters. The summed E-state index contributed by atoms with van der Waals surface area (Å²) >= 11 is 6.84. The van der Waals surface area contributed by atoms with Gasteiger partial charge in [0.15, 0.2) is 0 Å². The summed E-state index contributed by atoms with van der Waals surface area (Å²) in [6, 6.07) is 18.9. The van der Waals surface area contributed by atoms with E-state index in [1.807, 2.05) is 48.5 Å². The molecule has 3 rings (SSSR count). The summed E-state index contributed by atoms with van der Waals surface area (Å²) in [5, 5.41) is 14.2. The van der Waals surface area contributed by atoms with Crippen LogP contribution in [-0.2, 0) is 4.79 Å². The maximum atomic E-state index is 12.6. The van der Waals surface area contributed by atoms with Crippen LogP contribution >= 0.6 is 31.9 Å². The van der Waals surface area contributed by atoms with Gasteiger partial charge in [0.1, 0.15) is 17.4 Å². The maximum absolute atomic E-state index is 12.6. The van der Waals surface area contributed by atoms with Gasteiger partial charge in [-0.25, -0.2) is 0 Å². The average Bonchev–Trinajstić information content (AvgIpc) is 2.66. The van der Waals surface area contributed by atoms with E-state index < -0.39 is 5.91 Å². The van der Waals surface area contributed by atoms with Gasteiger partial charge in [-0.15, -0.1) is 0 Å². The summed E-state index contributed by atoms with van der Waals surface area (Å²) in [6.07, 6.45) is 1.54. The Bertz CT molecular complexity index is 1070. The number of nitriles is 1. The standard InChI is InChI=1S/C21H14Br2N2O2/c1-27-20-17(22)10-13(11-18(20)23)9-15(12-24)21(26)25-19-8-4-6-14-5-2-3-7-16(14)19/h2-11H,1H3,(H,25,26)/b15-9+. The Morgan fingerprint density at radius 2 is 1.78 bits per heavy atom. The molecule has 4 nitrogen and oxygen atoms in total. The van der Waals surface area contributed by atoms with Crippen LogP contribution in [0, 0.1) is 11.3 Å². The number of hydrogen-bond acceptors (Lipinski definition) is 3. The zero-order valence-electron chi connectivity index (χ0n) is 14.3. The zero-order valence-corrected chi connectivity index (χ0v) is 17.5. The predicted molar refractivity (Wildman–Crippen MR) is 115 cm³/mol. The average molecular weight is 486 g/mol. The van der Waals surface area contributed by atoms with E-state index in [2.05, 4.69) is 37.2 Å². The highest BCUT2D eigenvalue weighted by molar-refractivity contribution is 9.11. The summed E-state index contributed by atoms with van der Waals surface area (Å²) in [5.41, 5.74) is 1.36. The van der Waals surface area contributed by atoms with Crippen molar-refractivity contribution in [1.82, 2.24) is 0 Å². The number of halogens is 2. The van der Waals surface area contributed by atoms with Crippen molar-refractivity contribution in [2.24, 2.45) is 0 Å². The third kappa shape index (κ3) is 4.21. The molecule has 6 heteroatoms. The second-order valence-electron chi connectivity index (χ2n) is 5.67. The smallest absolute Gasteiger partial charge is 0.266 e. The number of rotatable bonds is 4. The van der Waals surface area contributed by atoms with Gasteiger partial charge < -0.3 is 10.1 Å². The molecule has 0 heterocycles. The van der Waals surface area contributed by atoms with Crippen LogP contribution in [0.5, 0.6) is 5.75 Å². The van der Waals surface area contributed by atoms with Gasteiger partial charge >= 0.3 is 0 Å². The molecular weight excluding hydrogens is 472 g/mol. The van der Waals surface area contributed by atoms with Crippen molar-refractivity contribution in [3.63, 3.8) is 0 Å². The van der Waals surface area contributed by atoms with Crippen LogP contribution in [0.1, 0.15) is 5.56 Å². The van der Waals surface area contributed by atoms with E-state index in [-0.39, 0.29) is 5.57 Å². The molecule has 1 N–H and O–H groups in total. The minimum absolute atomic E-state index is 0.00639. The van der Waals surface area contributed by atoms with E-state index in [0.717, 1.165) is 19.7 Å². The summed E-state index contributed by atoms with van der Waals surface area (Å²) in [4.78, 5) is 12.6. The molecule has 0 fully saturated rings. The lowest BCUT2D eigenvalue weighted by molar-refractivity contribution is -0.112. The molecule has 3 aromatic rings. The number of anilines is 1. The molecule has 0 aliphatic carbocycles. The van der Waals surface area contributed by atoms with Crippen LogP contribution in [0.4, 0.5) is 5.69 Å². The molecule has 0 spiro atoms. The van der Waals surface area contributed by atoms with Crippen LogP contribution in [0.15, 0.2) is 69.1 Å². The van der Waals surface area contributed by atoms with Gasteiger partial charge in [0.05, 0.1) is 16.1 Å². The van der Waals surface area contributed by atoms with Crippen molar-refractivity contribution in [2.75, 3.05) is 12.4 Å². The molecule has 27 heavy (non-hydrogen) atoms. The molecule has 0 aliphatic heterocycles. The van der Waals surface area contributed by atoms with E-state index in [1.165, 1.54) is 6.08 Å². The van der Waals surface area contributed by atoms with Crippen LogP contribution in [0.25, 0.3) is 16.8 Å². The molecule has 0 saturated carbocycles. The Kier molecular flexibility index (Phi) is 5.94. The summed E-state index contributed by atoms with van der Waals surface area (Å²) in [7, 11) is 1.57. The number of carbonyl (C=O) groups is 1. The summed E-state index contributed by atoms with van der Waals surface area (Å²) in [6.45, 7) is 0. The molecule has 0 aromatic heterocycles. The van der Waals surface area contributed by atoms with Gasteiger partial charge in [0.25, 0.3) is 5.91 Å². The SMILES string of the molecule is COc1c(Br)cc(/C=C(\C#N)C(=O)Nc2cccc3ccccc23)cc1Br. The highest BCUT2D eigenvalue weighted by Crippen LogP contribution is 2.35. The van der Waals surface area contributed by atoms with Crippen molar-refractivity contribution in [2.45, 2.75) is 0 Å². The second kappa shape index (κ2) is 8.38. The molecular formula is C21H14Br2N2O2. The fourth-order valence-corrected chi connectivity index (χ4v) is 4.24. The first-order valence-electron chi connectivity index (χ1n) is 7.97. The number of amides is 1. The van der Waals surface area contributed by atoms with Gasteiger partial charge in [0, 0.05) is 11.1 Å². The normalized spacial score (nSPS) is 11.1. The fourth-order valence-electron chi connectivity index (χ4n) is 2.70. The molecule has 0 bridgehead atoms.